The first-order valence-corrected chi connectivity index (χ1v) is 10.8. The number of anilines is 1. The summed E-state index contributed by atoms with van der Waals surface area (Å²) in [6.45, 7) is 2.00. The molecule has 1 aromatic heterocycles. The van der Waals surface area contributed by atoms with Gasteiger partial charge < -0.3 is 10.1 Å². The molecular formula is C28H21N3O3. The van der Waals surface area contributed by atoms with E-state index in [1.165, 1.54) is 4.68 Å². The molecule has 0 aliphatic rings. The molecule has 5 rings (SSSR count). The maximum atomic E-state index is 13.2. The van der Waals surface area contributed by atoms with Crippen molar-refractivity contribution in [1.82, 2.24) is 9.78 Å². The number of aromatic nitrogens is 2. The van der Waals surface area contributed by atoms with Crippen LogP contribution in [0.3, 0.4) is 0 Å². The van der Waals surface area contributed by atoms with Crippen LogP contribution < -0.4 is 15.6 Å². The summed E-state index contributed by atoms with van der Waals surface area (Å²) in [4.78, 5) is 26.2. The molecule has 1 heterocycles. The minimum Gasteiger partial charge on any atom is -0.457 e. The van der Waals surface area contributed by atoms with Crippen LogP contribution in [0.15, 0.2) is 108 Å². The van der Waals surface area contributed by atoms with Crippen molar-refractivity contribution in [2.75, 3.05) is 5.32 Å². The number of nitrogens with zero attached hydrogens (tertiary/aromatic N) is 2. The van der Waals surface area contributed by atoms with E-state index in [1.807, 2.05) is 49.4 Å². The van der Waals surface area contributed by atoms with E-state index in [0.717, 1.165) is 11.3 Å². The van der Waals surface area contributed by atoms with E-state index in [2.05, 4.69) is 10.4 Å². The van der Waals surface area contributed by atoms with Crippen LogP contribution >= 0.6 is 0 Å². The van der Waals surface area contributed by atoms with Crippen LogP contribution in [0.2, 0.25) is 0 Å². The number of fused-ring (bicyclic) bond motifs is 1. The highest BCUT2D eigenvalue weighted by atomic mass is 16.5. The molecule has 0 spiro atoms. The maximum Gasteiger partial charge on any atom is 0.279 e. The van der Waals surface area contributed by atoms with Gasteiger partial charge in [-0.1, -0.05) is 48.5 Å². The molecule has 0 atom stereocenters. The van der Waals surface area contributed by atoms with Crippen LogP contribution in [0.4, 0.5) is 5.69 Å². The molecule has 0 bridgehead atoms. The molecule has 5 aromatic rings. The van der Waals surface area contributed by atoms with Crippen molar-refractivity contribution < 1.29 is 9.53 Å². The zero-order valence-electron chi connectivity index (χ0n) is 18.4. The lowest BCUT2D eigenvalue weighted by Crippen LogP contribution is -2.26. The summed E-state index contributed by atoms with van der Waals surface area (Å²) in [5.41, 5.74) is 2.17. The number of ether oxygens (including phenoxy) is 1. The van der Waals surface area contributed by atoms with Gasteiger partial charge in [-0.15, -0.1) is 0 Å². The van der Waals surface area contributed by atoms with Crippen molar-refractivity contribution in [3.8, 4) is 17.2 Å². The highest BCUT2D eigenvalue weighted by Crippen LogP contribution is 2.24. The molecule has 4 aromatic carbocycles. The standard InChI is InChI=1S/C28H21N3O3/c1-19-8-7-11-23(18-19)34-22-16-14-20(15-17-22)29-27(32)26-24-12-5-6-13-25(24)28(33)31(30-26)21-9-3-2-4-10-21/h2-18H,1H3,(H,29,32). The van der Waals surface area contributed by atoms with Crippen LogP contribution in [0.25, 0.3) is 16.5 Å². The molecule has 0 aliphatic carbocycles. The molecule has 0 aliphatic heterocycles. The van der Waals surface area contributed by atoms with E-state index >= 15 is 0 Å². The average Bonchev–Trinajstić information content (AvgIpc) is 2.86. The molecule has 1 N–H and O–H groups in total. The second-order valence-electron chi connectivity index (χ2n) is 7.84. The fourth-order valence-corrected chi connectivity index (χ4v) is 3.71. The Kier molecular flexibility index (Phi) is 5.62. The topological polar surface area (TPSA) is 73.2 Å². The van der Waals surface area contributed by atoms with E-state index in [9.17, 15) is 9.59 Å². The normalized spacial score (nSPS) is 10.7. The Morgan fingerprint density at radius 2 is 1.50 bits per heavy atom. The second-order valence-corrected chi connectivity index (χ2v) is 7.84. The van der Waals surface area contributed by atoms with Crippen molar-refractivity contribution >= 4 is 22.4 Å². The van der Waals surface area contributed by atoms with Gasteiger partial charge in [-0.3, -0.25) is 9.59 Å². The van der Waals surface area contributed by atoms with Gasteiger partial charge in [0.05, 0.1) is 11.1 Å². The highest BCUT2D eigenvalue weighted by molar-refractivity contribution is 6.11. The molecule has 0 saturated carbocycles. The number of carbonyl (C=O) groups excluding carboxylic acids is 1. The van der Waals surface area contributed by atoms with Gasteiger partial charge in [-0.2, -0.15) is 9.78 Å². The number of nitrogens with one attached hydrogen (secondary N) is 1. The molecule has 0 saturated heterocycles. The largest absolute Gasteiger partial charge is 0.457 e. The molecular weight excluding hydrogens is 426 g/mol. The highest BCUT2D eigenvalue weighted by Gasteiger charge is 2.17. The molecule has 34 heavy (non-hydrogen) atoms. The van der Waals surface area contributed by atoms with Crippen molar-refractivity contribution in [3.63, 3.8) is 0 Å². The Morgan fingerprint density at radius 3 is 2.24 bits per heavy atom. The number of aryl methyl sites for hydroxylation is 1. The van der Waals surface area contributed by atoms with Crippen LogP contribution in [0.5, 0.6) is 11.5 Å². The summed E-state index contributed by atoms with van der Waals surface area (Å²) in [6.07, 6.45) is 0. The second kappa shape index (κ2) is 9.03. The first-order chi connectivity index (χ1) is 16.6. The SMILES string of the molecule is Cc1cccc(Oc2ccc(NC(=O)c3nn(-c4ccccc4)c(=O)c4ccccc34)cc2)c1. The smallest absolute Gasteiger partial charge is 0.279 e. The third kappa shape index (κ3) is 4.29. The quantitative estimate of drug-likeness (QED) is 0.373. The summed E-state index contributed by atoms with van der Waals surface area (Å²) >= 11 is 0. The van der Waals surface area contributed by atoms with Gasteiger partial charge in [0.15, 0.2) is 5.69 Å². The predicted molar refractivity (Wildman–Crippen MR) is 133 cm³/mol. The van der Waals surface area contributed by atoms with Gasteiger partial charge in [0, 0.05) is 11.1 Å². The summed E-state index contributed by atoms with van der Waals surface area (Å²) in [5.74, 6) is 0.994. The van der Waals surface area contributed by atoms with Crippen molar-refractivity contribution in [1.29, 1.82) is 0 Å². The minimum absolute atomic E-state index is 0.166. The Labute approximate surface area is 196 Å². The minimum atomic E-state index is -0.409. The number of rotatable bonds is 5. The lowest BCUT2D eigenvalue weighted by Gasteiger charge is -2.12. The Bertz CT molecular complexity index is 1540. The Morgan fingerprint density at radius 1 is 0.794 bits per heavy atom. The number of hydrogen-bond donors (Lipinski definition) is 1. The van der Waals surface area contributed by atoms with Crippen molar-refractivity contribution in [3.05, 3.63) is 125 Å². The first kappa shape index (κ1) is 21.2. The predicted octanol–water partition coefficient (Wildman–Crippen LogP) is 5.74. The average molecular weight is 447 g/mol. The Balaban J connectivity index is 1.44. The van der Waals surface area contributed by atoms with Crippen molar-refractivity contribution in [2.24, 2.45) is 0 Å². The molecule has 1 amide bonds. The van der Waals surface area contributed by atoms with Crippen LogP contribution in [0.1, 0.15) is 16.1 Å². The lowest BCUT2D eigenvalue weighted by molar-refractivity contribution is 0.102. The molecule has 0 fully saturated rings. The number of hydrogen-bond acceptors (Lipinski definition) is 4. The van der Waals surface area contributed by atoms with Gasteiger partial charge in [0.1, 0.15) is 11.5 Å². The summed E-state index contributed by atoms with van der Waals surface area (Å²) in [5, 5.41) is 8.21. The van der Waals surface area contributed by atoms with Crippen LogP contribution in [-0.4, -0.2) is 15.7 Å². The number of benzene rings is 4. The van der Waals surface area contributed by atoms with Crippen LogP contribution in [-0.2, 0) is 0 Å². The van der Waals surface area contributed by atoms with E-state index < -0.39 is 5.91 Å². The van der Waals surface area contributed by atoms with Gasteiger partial charge in [0.2, 0.25) is 0 Å². The molecule has 6 heteroatoms. The molecule has 6 nitrogen and oxygen atoms in total. The summed E-state index contributed by atoms with van der Waals surface area (Å²) < 4.78 is 7.14. The van der Waals surface area contributed by atoms with Gasteiger partial charge >= 0.3 is 0 Å². The fourth-order valence-electron chi connectivity index (χ4n) is 3.71. The molecule has 0 unspecified atom stereocenters. The third-order valence-electron chi connectivity index (χ3n) is 5.36. The monoisotopic (exact) mass is 447 g/mol. The molecule has 0 radical (unpaired) electrons. The van der Waals surface area contributed by atoms with Crippen molar-refractivity contribution in [2.45, 2.75) is 6.92 Å². The summed E-state index contributed by atoms with van der Waals surface area (Å²) in [6, 6.07) is 30.9. The van der Waals surface area contributed by atoms with Crippen LogP contribution in [0, 0.1) is 6.92 Å². The lowest BCUT2D eigenvalue weighted by atomic mass is 10.1. The van der Waals surface area contributed by atoms with Gasteiger partial charge in [-0.25, -0.2) is 0 Å². The fraction of sp³-hybridized carbons (Fsp3) is 0.0357. The number of amides is 1. The van der Waals surface area contributed by atoms with E-state index in [1.54, 1.807) is 60.7 Å². The van der Waals surface area contributed by atoms with Gasteiger partial charge in [0.25, 0.3) is 11.5 Å². The third-order valence-corrected chi connectivity index (χ3v) is 5.36. The number of carbonyl (C=O) groups is 1. The van der Waals surface area contributed by atoms with Gasteiger partial charge in [-0.05, 0) is 67.1 Å². The van der Waals surface area contributed by atoms with E-state index in [4.69, 9.17) is 4.74 Å². The Hall–Kier alpha value is -4.71. The summed E-state index contributed by atoms with van der Waals surface area (Å²) in [7, 11) is 0. The van der Waals surface area contributed by atoms with E-state index in [0.29, 0.717) is 27.9 Å². The zero-order chi connectivity index (χ0) is 23.5. The zero-order valence-corrected chi connectivity index (χ0v) is 18.4. The molecule has 166 valence electrons. The maximum absolute atomic E-state index is 13.2. The van der Waals surface area contributed by atoms with E-state index in [-0.39, 0.29) is 11.3 Å². The first-order valence-electron chi connectivity index (χ1n) is 10.8. The number of para-hydroxylation sites is 1.